The summed E-state index contributed by atoms with van der Waals surface area (Å²) < 4.78 is 8.62. The highest BCUT2D eigenvalue weighted by Gasteiger charge is 2.55. The first-order valence-corrected chi connectivity index (χ1v) is 14.8. The van der Waals surface area contributed by atoms with Gasteiger partial charge >= 0.3 is 0 Å². The minimum absolute atomic E-state index is 0.0887. The maximum atomic E-state index is 13.2. The van der Waals surface area contributed by atoms with Crippen LogP contribution in [-0.2, 0) is 7.05 Å². The summed E-state index contributed by atoms with van der Waals surface area (Å²) in [4.78, 5) is 29.7. The summed E-state index contributed by atoms with van der Waals surface area (Å²) in [6.07, 6.45) is 17.3. The zero-order valence-corrected chi connectivity index (χ0v) is 24.4. The molecule has 2 saturated carbocycles. The largest absolute Gasteiger partial charge is 0.481 e. The lowest BCUT2D eigenvalue weighted by Crippen LogP contribution is -2.69. The van der Waals surface area contributed by atoms with Gasteiger partial charge in [0.2, 0.25) is 5.88 Å². The number of nitriles is 1. The molecule has 4 aliphatic rings. The van der Waals surface area contributed by atoms with Crippen molar-refractivity contribution in [2.45, 2.75) is 49.7 Å². The van der Waals surface area contributed by atoms with E-state index in [2.05, 4.69) is 31.5 Å². The van der Waals surface area contributed by atoms with E-state index in [1.54, 1.807) is 53.2 Å². The van der Waals surface area contributed by atoms with Crippen LogP contribution in [0.4, 0.5) is 5.82 Å². The number of carbonyl (C=O) groups is 1. The lowest BCUT2D eigenvalue weighted by Gasteiger charge is -2.62. The molecule has 4 fully saturated rings. The molecule has 0 spiro atoms. The number of nitrogens with one attached hydrogen (secondary N) is 1. The highest BCUT2D eigenvalue weighted by Crippen LogP contribution is 2.52. The Labute approximate surface area is 253 Å². The Balaban J connectivity index is 1.07. The molecular formula is C32H30N10O2. The van der Waals surface area contributed by atoms with E-state index >= 15 is 0 Å². The minimum Gasteiger partial charge on any atom is -0.481 e. The van der Waals surface area contributed by atoms with E-state index in [1.807, 2.05) is 31.7 Å². The van der Waals surface area contributed by atoms with Crippen molar-refractivity contribution >= 4 is 17.2 Å². The number of piperidine rings is 2. The maximum absolute atomic E-state index is 13.2. The number of carbonyl (C=O) groups excluding carboxylic acids is 1. The number of pyridine rings is 2. The number of aromatic nitrogens is 7. The van der Waals surface area contributed by atoms with Crippen LogP contribution < -0.4 is 15.0 Å². The van der Waals surface area contributed by atoms with Crippen LogP contribution >= 0.6 is 0 Å². The summed E-state index contributed by atoms with van der Waals surface area (Å²) in [5, 5.41) is 21.9. The molecule has 220 valence electrons. The van der Waals surface area contributed by atoms with Crippen molar-refractivity contribution in [1.29, 1.82) is 5.26 Å². The second kappa shape index (κ2) is 9.87. The summed E-state index contributed by atoms with van der Waals surface area (Å²) in [5.74, 6) is 1.81. The summed E-state index contributed by atoms with van der Waals surface area (Å²) in [7, 11) is 3.44. The zero-order valence-electron chi connectivity index (χ0n) is 24.4. The van der Waals surface area contributed by atoms with Crippen LogP contribution in [0, 0.1) is 17.2 Å². The first kappa shape index (κ1) is 26.3. The van der Waals surface area contributed by atoms with Crippen molar-refractivity contribution in [2.24, 2.45) is 13.0 Å². The first-order valence-electron chi connectivity index (χ1n) is 14.8. The predicted octanol–water partition coefficient (Wildman–Crippen LogP) is 3.79. The molecule has 1 amide bonds. The number of ether oxygens (including phenoxy) is 1. The Hall–Kier alpha value is -5.31. The van der Waals surface area contributed by atoms with Gasteiger partial charge in [-0.05, 0) is 50.2 Å². The minimum atomic E-state index is -0.231. The number of fused-ring (bicyclic) bond motifs is 1. The van der Waals surface area contributed by atoms with Crippen LogP contribution in [0.5, 0.6) is 5.88 Å². The molecule has 2 atom stereocenters. The topological polar surface area (TPSA) is 139 Å². The molecule has 2 unspecified atom stereocenters. The van der Waals surface area contributed by atoms with E-state index in [9.17, 15) is 10.1 Å². The summed E-state index contributed by atoms with van der Waals surface area (Å²) in [5.41, 5.74) is 4.80. The molecule has 7 heterocycles. The van der Waals surface area contributed by atoms with E-state index in [-0.39, 0.29) is 23.5 Å². The summed E-state index contributed by atoms with van der Waals surface area (Å²) in [6.45, 7) is 0. The van der Waals surface area contributed by atoms with Crippen LogP contribution in [0.2, 0.25) is 0 Å². The molecule has 12 nitrogen and oxygen atoms in total. The van der Waals surface area contributed by atoms with Crippen LogP contribution in [0.1, 0.15) is 48.0 Å². The van der Waals surface area contributed by atoms with Gasteiger partial charge < -0.3 is 15.0 Å². The van der Waals surface area contributed by atoms with Crippen LogP contribution in [-0.4, -0.2) is 65.0 Å². The van der Waals surface area contributed by atoms with Crippen LogP contribution in [0.25, 0.3) is 27.9 Å². The van der Waals surface area contributed by atoms with E-state index < -0.39 is 0 Å². The van der Waals surface area contributed by atoms with Gasteiger partial charge in [0.15, 0.2) is 0 Å². The monoisotopic (exact) mass is 586 g/mol. The average molecular weight is 587 g/mol. The molecule has 9 rings (SSSR count). The molecule has 5 aromatic rings. The van der Waals surface area contributed by atoms with Gasteiger partial charge in [-0.15, -0.1) is 0 Å². The molecule has 12 heteroatoms. The Morgan fingerprint density at radius 1 is 1.00 bits per heavy atom. The molecule has 2 aliphatic carbocycles. The van der Waals surface area contributed by atoms with Crippen molar-refractivity contribution in [3.8, 4) is 34.3 Å². The fraction of sp³-hybridized carbons (Fsp3) is 0.344. The van der Waals surface area contributed by atoms with E-state index in [0.717, 1.165) is 54.6 Å². The zero-order chi connectivity index (χ0) is 30.0. The number of nitrogens with zero attached hydrogens (tertiary/aromatic N) is 9. The summed E-state index contributed by atoms with van der Waals surface area (Å²) >= 11 is 0. The van der Waals surface area contributed by atoms with Crippen molar-refractivity contribution < 1.29 is 9.53 Å². The summed E-state index contributed by atoms with van der Waals surface area (Å²) in [6, 6.07) is 8.30. The van der Waals surface area contributed by atoms with E-state index in [0.29, 0.717) is 34.1 Å². The quantitative estimate of drug-likeness (QED) is 0.315. The predicted molar refractivity (Wildman–Crippen MR) is 161 cm³/mol. The third-order valence-corrected chi connectivity index (χ3v) is 9.47. The van der Waals surface area contributed by atoms with Gasteiger partial charge in [0.25, 0.3) is 5.91 Å². The highest BCUT2D eigenvalue weighted by molar-refractivity contribution is 5.94. The lowest BCUT2D eigenvalue weighted by atomic mass is 9.59. The van der Waals surface area contributed by atoms with Crippen molar-refractivity contribution in [3.05, 3.63) is 72.7 Å². The molecule has 0 radical (unpaired) electrons. The number of hydrogen-bond acceptors (Lipinski definition) is 9. The number of amides is 1. The van der Waals surface area contributed by atoms with Crippen molar-refractivity contribution in [1.82, 2.24) is 39.7 Å². The fourth-order valence-corrected chi connectivity index (χ4v) is 7.82. The van der Waals surface area contributed by atoms with E-state index in [1.165, 1.54) is 0 Å². The molecular weight excluding hydrogens is 556 g/mol. The highest BCUT2D eigenvalue weighted by atomic mass is 16.5. The van der Waals surface area contributed by atoms with Gasteiger partial charge in [0.05, 0.1) is 54.2 Å². The smallest absolute Gasteiger partial charge is 0.253 e. The van der Waals surface area contributed by atoms with Gasteiger partial charge in [-0.1, -0.05) is 0 Å². The Kier molecular flexibility index (Phi) is 5.91. The third-order valence-electron chi connectivity index (χ3n) is 9.47. The van der Waals surface area contributed by atoms with Gasteiger partial charge in [-0.2, -0.15) is 15.5 Å². The third kappa shape index (κ3) is 4.26. The average Bonchev–Trinajstić information content (AvgIpc) is 3.66. The molecule has 44 heavy (non-hydrogen) atoms. The molecule has 1 N–H and O–H groups in total. The van der Waals surface area contributed by atoms with Gasteiger partial charge in [-0.3, -0.25) is 14.5 Å². The number of aryl methyl sites for hydroxylation is 1. The first-order chi connectivity index (χ1) is 21.4. The lowest BCUT2D eigenvalue weighted by molar-refractivity contribution is 0.0358. The number of methoxy groups -OCH3 is 1. The molecule has 4 bridgehead atoms. The normalized spacial score (nSPS) is 23.6. The van der Waals surface area contributed by atoms with E-state index in [4.69, 9.17) is 14.7 Å². The van der Waals surface area contributed by atoms with Crippen molar-refractivity contribution in [2.75, 3.05) is 12.0 Å². The maximum Gasteiger partial charge on any atom is 0.253 e. The molecule has 2 saturated heterocycles. The number of hydrogen-bond donors (Lipinski definition) is 1. The Bertz CT molecular complexity index is 1920. The number of anilines is 1. The standard InChI is InChI=1S/C32H30N10O2/c1-40-17-23(14-37-40)21-7-26(30-22(11-33)13-38-41(30)18-21)27-15-35-28(16-34-27)42-24-5-19-6-25(42)10-32(8-19,9-24)39-31(43)20-3-4-29(44-2)36-12-20/h3-4,7,12-19,24-25H,5-6,8-10H2,1-2H3,(H,39,43). The molecule has 2 aliphatic heterocycles. The second-order valence-corrected chi connectivity index (χ2v) is 12.3. The van der Waals surface area contributed by atoms with Gasteiger partial charge in [0, 0.05) is 66.0 Å². The second-order valence-electron chi connectivity index (χ2n) is 12.3. The Morgan fingerprint density at radius 2 is 1.84 bits per heavy atom. The van der Waals surface area contributed by atoms with Crippen LogP contribution in [0.15, 0.2) is 61.6 Å². The molecule has 5 aromatic heterocycles. The van der Waals surface area contributed by atoms with Crippen LogP contribution in [0.3, 0.4) is 0 Å². The SMILES string of the molecule is COc1ccc(C(=O)NC23CC4CC(C2)N(c2cnc(-c5cc(-c6cnn(C)c6)cn6ncc(C#N)c56)cn2)C(C4)C3)cn1. The fourth-order valence-electron chi connectivity index (χ4n) is 7.82. The number of rotatable bonds is 6. The van der Waals surface area contributed by atoms with Crippen molar-refractivity contribution in [3.63, 3.8) is 0 Å². The van der Waals surface area contributed by atoms with Gasteiger partial charge in [0.1, 0.15) is 11.9 Å². The van der Waals surface area contributed by atoms with Gasteiger partial charge in [-0.25, -0.2) is 14.5 Å². The molecule has 0 aromatic carbocycles. The Morgan fingerprint density at radius 3 is 2.50 bits per heavy atom.